The molecule has 0 fully saturated rings. The minimum atomic E-state index is -0.527. The molecule has 0 radical (unpaired) electrons. The number of rotatable bonds is 5. The Hall–Kier alpha value is -3.30. The molecule has 0 aliphatic heterocycles. The van der Waals surface area contributed by atoms with Crippen LogP contribution >= 0.6 is 11.6 Å². The lowest BCUT2D eigenvalue weighted by molar-refractivity contribution is -0.142. The smallest absolute Gasteiger partial charge is 0.310 e. The maximum absolute atomic E-state index is 11.9. The summed E-state index contributed by atoms with van der Waals surface area (Å²) in [5, 5.41) is 20.0. The second-order valence-electron chi connectivity index (χ2n) is 5.50. The van der Waals surface area contributed by atoms with E-state index < -0.39 is 12.6 Å². The Kier molecular flexibility index (Phi) is 5.20. The number of fused-ring (bicyclic) bond motifs is 1. The molecule has 0 bridgehead atoms. The number of carbonyl (C=O) groups excluding carboxylic acids is 1. The fourth-order valence-corrected chi connectivity index (χ4v) is 2.49. The molecule has 130 valence electrons. The summed E-state index contributed by atoms with van der Waals surface area (Å²) in [6.07, 6.45) is 0.0387. The van der Waals surface area contributed by atoms with Gasteiger partial charge in [-0.1, -0.05) is 35.9 Å². The number of imidazole rings is 1. The van der Waals surface area contributed by atoms with Gasteiger partial charge < -0.3 is 14.8 Å². The number of ether oxygens (including phenoxy) is 1. The van der Waals surface area contributed by atoms with Gasteiger partial charge in [-0.05, 0) is 29.8 Å². The van der Waals surface area contributed by atoms with E-state index in [1.54, 1.807) is 30.3 Å². The van der Waals surface area contributed by atoms with E-state index in [2.05, 4.69) is 9.97 Å². The van der Waals surface area contributed by atoms with Gasteiger partial charge in [0.05, 0.1) is 17.5 Å². The van der Waals surface area contributed by atoms with Crippen LogP contribution in [-0.2, 0) is 16.0 Å². The Balaban J connectivity index is 1.69. The van der Waals surface area contributed by atoms with Crippen LogP contribution in [0.1, 0.15) is 11.4 Å². The van der Waals surface area contributed by atoms with E-state index in [-0.39, 0.29) is 23.6 Å². The average Bonchev–Trinajstić information content (AvgIpc) is 3.06. The monoisotopic (exact) mass is 367 g/mol. The van der Waals surface area contributed by atoms with E-state index in [0.717, 1.165) is 11.1 Å². The topological polar surface area (TPSA) is 99.0 Å². The Morgan fingerprint density at radius 2 is 1.96 bits per heavy atom. The Morgan fingerprint density at radius 3 is 2.65 bits per heavy atom. The summed E-state index contributed by atoms with van der Waals surface area (Å²) >= 11 is 5.79. The predicted octanol–water partition coefficient (Wildman–Crippen LogP) is 3.79. The minimum absolute atomic E-state index is 0.0387. The number of allylic oxidation sites excluding steroid dienone is 1. The molecule has 26 heavy (non-hydrogen) atoms. The van der Waals surface area contributed by atoms with Crippen molar-refractivity contribution in [2.75, 3.05) is 6.61 Å². The van der Waals surface area contributed by atoms with Crippen LogP contribution in [0.25, 0.3) is 16.6 Å². The van der Waals surface area contributed by atoms with Gasteiger partial charge in [0.1, 0.15) is 18.2 Å². The third-order valence-corrected chi connectivity index (χ3v) is 3.91. The van der Waals surface area contributed by atoms with Crippen molar-refractivity contribution in [2.45, 2.75) is 6.42 Å². The SMILES string of the molecule is N#C/C(=C(/O)COC(=O)Cc1ccc(Cl)cc1)c1nc2ccccc2[nH]1. The first-order valence-corrected chi connectivity index (χ1v) is 8.12. The first-order chi connectivity index (χ1) is 12.6. The minimum Gasteiger partial charge on any atom is -0.507 e. The molecule has 7 heteroatoms. The van der Waals surface area contributed by atoms with Crippen molar-refractivity contribution in [1.82, 2.24) is 9.97 Å². The highest BCUT2D eigenvalue weighted by Gasteiger charge is 2.15. The van der Waals surface area contributed by atoms with Crippen molar-refractivity contribution in [2.24, 2.45) is 0 Å². The van der Waals surface area contributed by atoms with E-state index in [4.69, 9.17) is 16.3 Å². The standard InChI is InChI=1S/C19H14ClN3O3/c20-13-7-5-12(6-8-13)9-18(25)26-11-17(24)14(10-21)19-22-15-3-1-2-4-16(15)23-19/h1-8,24H,9,11H2,(H,22,23)/b17-14-. The van der Waals surface area contributed by atoms with Gasteiger partial charge in [-0.15, -0.1) is 0 Å². The van der Waals surface area contributed by atoms with Gasteiger partial charge in [-0.3, -0.25) is 4.79 Å². The normalized spacial score (nSPS) is 11.7. The third-order valence-electron chi connectivity index (χ3n) is 3.66. The average molecular weight is 368 g/mol. The molecule has 0 amide bonds. The molecule has 0 aliphatic carbocycles. The first kappa shape index (κ1) is 17.5. The second-order valence-corrected chi connectivity index (χ2v) is 5.94. The van der Waals surface area contributed by atoms with Gasteiger partial charge in [0.15, 0.2) is 11.6 Å². The molecule has 0 aliphatic rings. The number of nitriles is 1. The van der Waals surface area contributed by atoms with Crippen molar-refractivity contribution >= 4 is 34.2 Å². The number of aromatic amines is 1. The molecule has 2 aromatic carbocycles. The number of aliphatic hydroxyl groups excluding tert-OH is 1. The van der Waals surface area contributed by atoms with Gasteiger partial charge >= 0.3 is 5.97 Å². The van der Waals surface area contributed by atoms with E-state index in [1.807, 2.05) is 24.3 Å². The summed E-state index contributed by atoms with van der Waals surface area (Å²) < 4.78 is 5.04. The number of nitrogens with zero attached hydrogens (tertiary/aromatic N) is 2. The Labute approximate surface area is 154 Å². The zero-order valence-corrected chi connectivity index (χ0v) is 14.3. The number of benzene rings is 2. The van der Waals surface area contributed by atoms with Crippen LogP contribution in [0, 0.1) is 11.3 Å². The van der Waals surface area contributed by atoms with Gasteiger partial charge in [0, 0.05) is 5.02 Å². The van der Waals surface area contributed by atoms with Crippen LogP contribution in [0.2, 0.25) is 5.02 Å². The molecule has 3 aromatic rings. The van der Waals surface area contributed by atoms with Gasteiger partial charge in [0.25, 0.3) is 0 Å². The molecule has 0 saturated carbocycles. The number of carbonyl (C=O) groups is 1. The molecular weight excluding hydrogens is 354 g/mol. The zero-order chi connectivity index (χ0) is 18.5. The number of hydrogen-bond donors (Lipinski definition) is 2. The Bertz CT molecular complexity index is 983. The summed E-state index contributed by atoms with van der Waals surface area (Å²) in [6, 6.07) is 15.9. The van der Waals surface area contributed by atoms with Gasteiger partial charge in [0.2, 0.25) is 0 Å². The molecule has 0 saturated heterocycles. The van der Waals surface area contributed by atoms with Crippen molar-refractivity contribution in [1.29, 1.82) is 5.26 Å². The van der Waals surface area contributed by atoms with E-state index in [1.165, 1.54) is 0 Å². The quantitative estimate of drug-likeness (QED) is 0.406. The van der Waals surface area contributed by atoms with Crippen molar-refractivity contribution in [3.05, 3.63) is 70.7 Å². The van der Waals surface area contributed by atoms with Crippen LogP contribution in [0.3, 0.4) is 0 Å². The maximum atomic E-state index is 11.9. The summed E-state index contributed by atoms with van der Waals surface area (Å²) in [5.74, 6) is -0.670. The summed E-state index contributed by atoms with van der Waals surface area (Å²) in [7, 11) is 0. The maximum Gasteiger partial charge on any atom is 0.310 e. The van der Waals surface area contributed by atoms with Crippen LogP contribution < -0.4 is 0 Å². The number of nitrogens with one attached hydrogen (secondary N) is 1. The van der Waals surface area contributed by atoms with Crippen molar-refractivity contribution < 1.29 is 14.6 Å². The molecule has 1 aromatic heterocycles. The largest absolute Gasteiger partial charge is 0.507 e. The third kappa shape index (κ3) is 4.02. The fraction of sp³-hybridized carbons (Fsp3) is 0.105. The molecule has 0 atom stereocenters. The van der Waals surface area contributed by atoms with Crippen molar-refractivity contribution in [3.63, 3.8) is 0 Å². The molecule has 6 nitrogen and oxygen atoms in total. The van der Waals surface area contributed by atoms with Crippen molar-refractivity contribution in [3.8, 4) is 6.07 Å². The van der Waals surface area contributed by atoms with Crippen LogP contribution in [-0.4, -0.2) is 27.7 Å². The highest BCUT2D eigenvalue weighted by atomic mass is 35.5. The van der Waals surface area contributed by atoms with Crippen LogP contribution in [0.4, 0.5) is 0 Å². The molecule has 3 rings (SSSR count). The number of H-pyrrole nitrogens is 1. The lowest BCUT2D eigenvalue weighted by atomic mass is 10.1. The number of hydrogen-bond acceptors (Lipinski definition) is 5. The fourth-order valence-electron chi connectivity index (χ4n) is 2.37. The summed E-state index contributed by atoms with van der Waals surface area (Å²) in [5.41, 5.74) is 2.08. The number of aliphatic hydroxyl groups is 1. The highest BCUT2D eigenvalue weighted by molar-refractivity contribution is 6.30. The molecular formula is C19H14ClN3O3. The zero-order valence-electron chi connectivity index (χ0n) is 13.6. The number of esters is 1. The lowest BCUT2D eigenvalue weighted by Crippen LogP contribution is -2.11. The Morgan fingerprint density at radius 1 is 1.23 bits per heavy atom. The predicted molar refractivity (Wildman–Crippen MR) is 97.4 cm³/mol. The summed E-state index contributed by atoms with van der Waals surface area (Å²) in [4.78, 5) is 19.1. The summed E-state index contributed by atoms with van der Waals surface area (Å²) in [6.45, 7) is -0.410. The number of para-hydroxylation sites is 2. The lowest BCUT2D eigenvalue weighted by Gasteiger charge is -2.06. The van der Waals surface area contributed by atoms with Gasteiger partial charge in [-0.25, -0.2) is 4.98 Å². The van der Waals surface area contributed by atoms with E-state index >= 15 is 0 Å². The second kappa shape index (κ2) is 7.72. The van der Waals surface area contributed by atoms with E-state index in [9.17, 15) is 15.2 Å². The van der Waals surface area contributed by atoms with Crippen LogP contribution in [0.5, 0.6) is 0 Å². The molecule has 2 N–H and O–H groups in total. The molecule has 0 spiro atoms. The molecule has 1 heterocycles. The van der Waals surface area contributed by atoms with Crippen LogP contribution in [0.15, 0.2) is 54.3 Å². The number of halogens is 1. The van der Waals surface area contributed by atoms with Gasteiger partial charge in [-0.2, -0.15) is 5.26 Å². The first-order valence-electron chi connectivity index (χ1n) is 7.74. The number of aromatic nitrogens is 2. The van der Waals surface area contributed by atoms with E-state index in [0.29, 0.717) is 10.5 Å². The highest BCUT2D eigenvalue weighted by Crippen LogP contribution is 2.19. The molecule has 0 unspecified atom stereocenters.